The number of amides is 1. The lowest BCUT2D eigenvalue weighted by molar-refractivity contribution is -0.146. The van der Waals surface area contributed by atoms with Crippen molar-refractivity contribution in [2.75, 3.05) is 74.5 Å². The number of nitrogens with one attached hydrogen (secondary N) is 3. The number of carbonyl (C=O) groups is 4. The van der Waals surface area contributed by atoms with Crippen molar-refractivity contribution in [3.05, 3.63) is 140 Å². The van der Waals surface area contributed by atoms with E-state index < -0.39 is 46.7 Å². The van der Waals surface area contributed by atoms with Gasteiger partial charge in [0.2, 0.25) is 17.8 Å². The molecule has 1 aliphatic carbocycles. The molecule has 1 amide bonds. The van der Waals surface area contributed by atoms with Gasteiger partial charge in [0.15, 0.2) is 26.4 Å². The van der Waals surface area contributed by atoms with Crippen molar-refractivity contribution < 1.29 is 52.3 Å². The minimum absolute atomic E-state index is 0.0445. The van der Waals surface area contributed by atoms with Gasteiger partial charge in [-0.15, -0.1) is 0 Å². The van der Waals surface area contributed by atoms with Crippen LogP contribution in [0.25, 0.3) is 0 Å². The summed E-state index contributed by atoms with van der Waals surface area (Å²) in [6, 6.07) is 24.3. The molecule has 0 saturated carbocycles. The Balaban J connectivity index is 1.28. The second kappa shape index (κ2) is 38.9. The fourth-order valence-electron chi connectivity index (χ4n) is 12.9. The molecule has 7 rings (SSSR count). The third-order valence-electron chi connectivity index (χ3n) is 18.6. The van der Waals surface area contributed by atoms with E-state index in [1.165, 1.54) is 89.9 Å². The molecule has 0 saturated heterocycles. The molecule has 18 heteroatoms. The predicted octanol–water partition coefficient (Wildman–Crippen LogP) is 18.6. The predicted molar refractivity (Wildman–Crippen MR) is 414 cm³/mol. The number of carbonyl (C=O) groups excluding carboxylic acids is 4. The van der Waals surface area contributed by atoms with Crippen LogP contribution in [0.3, 0.4) is 0 Å². The first kappa shape index (κ1) is 81.9. The highest BCUT2D eigenvalue weighted by atomic mass is 16.6. The third-order valence-corrected chi connectivity index (χ3v) is 18.6. The molecular weight excluding hydrogens is 1290 g/mol. The standard InChI is InChI=1S/C85H121N7O11/c1-17-21-22-23-24-25-26-27-28-29-30-31-32-33-34-37-40-87-80-90-79(86)91-81(92-80)89-70-39-36-35-38-69(70)88-71(93)53-100-75-57-41-59-47-66(83(8,9)10)49-61(76(59)101-54-72(94)97-18-2)43-63-51-68(85(14,15)16)52-64(78(63)103-56-74(96)99-20-4)44-62-50-67(84(11,12)13)48-60(77(62)102-55-73(95)98-19-3)42-58(75)46-65(45-57)82(5,6)7/h35-36,38-39,45-52H,17-34,37,40-44,53-56H2,1-16H3,(H,88,93)(H4,86,87,89,90,91,92). The molecule has 1 aliphatic rings. The van der Waals surface area contributed by atoms with Gasteiger partial charge in [-0.25, -0.2) is 14.4 Å². The van der Waals surface area contributed by atoms with Crippen molar-refractivity contribution >= 4 is 53.0 Å². The second-order valence-electron chi connectivity index (χ2n) is 31.6. The summed E-state index contributed by atoms with van der Waals surface area (Å²) in [6.07, 6.45) is 21.6. The van der Waals surface area contributed by atoms with Crippen LogP contribution in [0.4, 0.5) is 29.2 Å². The van der Waals surface area contributed by atoms with Gasteiger partial charge in [0.25, 0.3) is 5.91 Å². The molecule has 0 fully saturated rings. The van der Waals surface area contributed by atoms with E-state index in [4.69, 9.17) is 38.9 Å². The van der Waals surface area contributed by atoms with Crippen LogP contribution in [-0.4, -0.2) is 91.6 Å². The molecule has 1 heterocycles. The number of hydrogen-bond acceptors (Lipinski definition) is 17. The SMILES string of the molecule is CCCCCCCCCCCCCCCCCCNc1nc(N)nc(Nc2ccccc2NC(=O)COc2c3cc(C(C)(C)C)cc2Cc2cc(C(C)(C)C)cc(c2OCC(=O)OCC)Cc2cc(C(C)(C)C)cc(c2OCC(=O)OCC)Cc2cc(C(C)(C)C)cc(c2OCC(=O)OCC)C3)n1. The van der Waals surface area contributed by atoms with Crippen molar-refractivity contribution in [3.8, 4) is 23.0 Å². The van der Waals surface area contributed by atoms with Crippen LogP contribution in [-0.2, 0) is 80.7 Å². The molecule has 0 spiro atoms. The van der Waals surface area contributed by atoms with E-state index in [2.05, 4.69) is 169 Å². The van der Waals surface area contributed by atoms with Crippen LogP contribution in [0, 0.1) is 0 Å². The van der Waals surface area contributed by atoms with Gasteiger partial charge in [-0.05, 0) is 128 Å². The van der Waals surface area contributed by atoms with Crippen LogP contribution in [0.15, 0.2) is 72.8 Å². The lowest BCUT2D eigenvalue weighted by Crippen LogP contribution is -2.23. The zero-order valence-electron chi connectivity index (χ0n) is 65.1. The number of nitrogens with two attached hydrogens (primary N) is 1. The topological polar surface area (TPSA) is 234 Å². The average Bonchev–Trinajstić information content (AvgIpc) is 0.762. The average molecular weight is 1420 g/mol. The lowest BCUT2D eigenvalue weighted by atomic mass is 9.79. The first-order chi connectivity index (χ1) is 49.0. The van der Waals surface area contributed by atoms with Crippen molar-refractivity contribution in [1.82, 2.24) is 15.0 Å². The van der Waals surface area contributed by atoms with E-state index >= 15 is 0 Å². The molecule has 0 radical (unpaired) electrons. The molecule has 5 N–H and O–H groups in total. The number of nitrogen functional groups attached to an aromatic ring is 1. The number of fused-ring (bicyclic) bond motifs is 8. The molecule has 5 aromatic carbocycles. The molecular formula is C85H121N7O11. The van der Waals surface area contributed by atoms with Crippen molar-refractivity contribution in [3.63, 3.8) is 0 Å². The van der Waals surface area contributed by atoms with Gasteiger partial charge in [-0.2, -0.15) is 15.0 Å². The summed E-state index contributed by atoms with van der Waals surface area (Å²) in [4.78, 5) is 68.8. The minimum Gasteiger partial charge on any atom is -0.483 e. The van der Waals surface area contributed by atoms with E-state index in [-0.39, 0.29) is 82.6 Å². The number of para-hydroxylation sites is 2. The Morgan fingerprint density at radius 2 is 0.680 bits per heavy atom. The van der Waals surface area contributed by atoms with Crippen LogP contribution in [0.5, 0.6) is 23.0 Å². The normalized spacial score (nSPS) is 12.5. The number of unbranched alkanes of at least 4 members (excludes halogenated alkanes) is 15. The van der Waals surface area contributed by atoms with Gasteiger partial charge in [-0.3, -0.25) is 4.79 Å². The van der Waals surface area contributed by atoms with Gasteiger partial charge < -0.3 is 54.8 Å². The number of ether oxygens (including phenoxy) is 7. The Morgan fingerprint density at radius 1 is 0.388 bits per heavy atom. The Morgan fingerprint density at radius 3 is 0.990 bits per heavy atom. The summed E-state index contributed by atoms with van der Waals surface area (Å²) in [5.74, 6) is 0.424. The molecule has 0 atom stereocenters. The third kappa shape index (κ3) is 25.8. The molecule has 1 aromatic heterocycles. The molecule has 18 nitrogen and oxygen atoms in total. The molecule has 6 aromatic rings. The number of rotatable bonds is 36. The van der Waals surface area contributed by atoms with Gasteiger partial charge in [-0.1, -0.05) is 247 Å². The zero-order valence-corrected chi connectivity index (χ0v) is 65.1. The maximum atomic E-state index is 14.8. The number of anilines is 5. The minimum atomic E-state index is -0.535. The highest BCUT2D eigenvalue weighted by Crippen LogP contribution is 2.45. The zero-order chi connectivity index (χ0) is 74.9. The molecule has 0 unspecified atom stereocenters. The van der Waals surface area contributed by atoms with Gasteiger partial charge in [0, 0.05) is 32.2 Å². The van der Waals surface area contributed by atoms with Crippen LogP contribution in [0.1, 0.15) is 280 Å². The first-order valence-electron chi connectivity index (χ1n) is 38.0. The van der Waals surface area contributed by atoms with E-state index in [0.29, 0.717) is 46.9 Å². The van der Waals surface area contributed by atoms with Crippen molar-refractivity contribution in [2.24, 2.45) is 0 Å². The molecule has 562 valence electrons. The van der Waals surface area contributed by atoms with Crippen molar-refractivity contribution in [1.29, 1.82) is 0 Å². The quantitative estimate of drug-likeness (QED) is 0.0162. The number of benzene rings is 5. The largest absolute Gasteiger partial charge is 0.483 e. The van der Waals surface area contributed by atoms with Gasteiger partial charge >= 0.3 is 17.9 Å². The van der Waals surface area contributed by atoms with E-state index in [0.717, 1.165) is 79.6 Å². The Bertz CT molecular complexity index is 3640. The fourth-order valence-corrected chi connectivity index (χ4v) is 12.9. The van der Waals surface area contributed by atoms with E-state index in [9.17, 15) is 19.2 Å². The summed E-state index contributed by atoms with van der Waals surface area (Å²) in [7, 11) is 0. The molecule has 103 heavy (non-hydrogen) atoms. The summed E-state index contributed by atoms with van der Waals surface area (Å²) < 4.78 is 44.0. The number of hydrogen-bond donors (Lipinski definition) is 4. The monoisotopic (exact) mass is 1420 g/mol. The van der Waals surface area contributed by atoms with E-state index in [1.54, 1.807) is 26.8 Å². The Labute approximate surface area is 615 Å². The molecule has 8 bridgehead atoms. The summed E-state index contributed by atoms with van der Waals surface area (Å²) in [6.45, 7) is 33.1. The molecule has 0 aliphatic heterocycles. The van der Waals surface area contributed by atoms with Crippen molar-refractivity contribution in [2.45, 2.75) is 261 Å². The fraction of sp³-hybridized carbons (Fsp3) is 0.565. The number of esters is 3. The Kier molecular flexibility index (Phi) is 30.9. The highest BCUT2D eigenvalue weighted by molar-refractivity contribution is 5.95. The van der Waals surface area contributed by atoms with Crippen LogP contribution < -0.4 is 40.6 Å². The maximum absolute atomic E-state index is 14.8. The summed E-state index contributed by atoms with van der Waals surface area (Å²) in [5.41, 5.74) is 15.7. The second-order valence-corrected chi connectivity index (χ2v) is 31.6. The summed E-state index contributed by atoms with van der Waals surface area (Å²) in [5, 5.41) is 9.74. The first-order valence-corrected chi connectivity index (χ1v) is 38.0. The highest BCUT2D eigenvalue weighted by Gasteiger charge is 2.31. The van der Waals surface area contributed by atoms with Gasteiger partial charge in [0.1, 0.15) is 23.0 Å². The van der Waals surface area contributed by atoms with E-state index in [1.807, 2.05) is 18.2 Å². The number of aromatic nitrogens is 3. The van der Waals surface area contributed by atoms with Crippen LogP contribution >= 0.6 is 0 Å². The van der Waals surface area contributed by atoms with Crippen LogP contribution in [0.2, 0.25) is 0 Å². The maximum Gasteiger partial charge on any atom is 0.344 e. The smallest absolute Gasteiger partial charge is 0.344 e. The Hall–Kier alpha value is -8.41. The number of nitrogens with zero attached hydrogens (tertiary/aromatic N) is 3. The summed E-state index contributed by atoms with van der Waals surface area (Å²) >= 11 is 0. The lowest BCUT2D eigenvalue weighted by Gasteiger charge is -2.29. The van der Waals surface area contributed by atoms with Gasteiger partial charge in [0.05, 0.1) is 31.2 Å².